The van der Waals surface area contributed by atoms with Crippen LogP contribution in [0.5, 0.6) is 0 Å². The zero-order chi connectivity index (χ0) is 13.6. The number of carbonyl (C=O) groups excluding carboxylic acids is 1. The first-order valence-corrected chi connectivity index (χ1v) is 5.47. The van der Waals surface area contributed by atoms with Gasteiger partial charge in [0, 0.05) is 0 Å². The predicted octanol–water partition coefficient (Wildman–Crippen LogP) is 2.88. The normalized spacial score (nSPS) is 11.3. The van der Waals surface area contributed by atoms with Crippen molar-refractivity contribution < 1.29 is 28.1 Å². The Morgan fingerprint density at radius 2 is 1.78 bits per heavy atom. The van der Waals surface area contributed by atoms with E-state index in [4.69, 9.17) is 4.74 Å². The van der Waals surface area contributed by atoms with Crippen molar-refractivity contribution in [2.45, 2.75) is 20.0 Å². The molecule has 0 saturated carbocycles. The Morgan fingerprint density at radius 3 is 2.28 bits per heavy atom. The van der Waals surface area contributed by atoms with Gasteiger partial charge in [-0.3, -0.25) is 0 Å². The number of ether oxygens (including phenoxy) is 1. The van der Waals surface area contributed by atoms with Crippen LogP contribution in [0.15, 0.2) is 24.3 Å². The molecule has 6 heteroatoms. The Labute approximate surface area is 103 Å². The zero-order valence-corrected chi connectivity index (χ0v) is 10.1. The van der Waals surface area contributed by atoms with Gasteiger partial charge in [0.05, 0.1) is 24.3 Å². The number of halogens is 2. The predicted molar refractivity (Wildman–Crippen MR) is 59.0 cm³/mol. The van der Waals surface area contributed by atoms with Crippen LogP contribution in [-0.2, 0) is 20.6 Å². The second kappa shape index (κ2) is 6.42. The first kappa shape index (κ1) is 14.5. The first-order valence-electron chi connectivity index (χ1n) is 5.47. The molecule has 18 heavy (non-hydrogen) atoms. The maximum Gasteiger partial charge on any atom is 0.408 e. The molecule has 0 aliphatic heterocycles. The van der Waals surface area contributed by atoms with E-state index in [0.29, 0.717) is 0 Å². The largest absolute Gasteiger partial charge is 0.462 e. The summed E-state index contributed by atoms with van der Waals surface area (Å²) in [5.74, 6) is -0.557. The highest BCUT2D eigenvalue weighted by molar-refractivity contribution is 5.89. The van der Waals surface area contributed by atoms with Gasteiger partial charge in [-0.15, -0.1) is 0 Å². The minimum Gasteiger partial charge on any atom is -0.462 e. The molecule has 4 nitrogen and oxygen atoms in total. The van der Waals surface area contributed by atoms with E-state index < -0.39 is 17.6 Å². The third-order valence-corrected chi connectivity index (χ3v) is 2.01. The molecule has 0 heterocycles. The van der Waals surface area contributed by atoms with Gasteiger partial charge in [0.25, 0.3) is 0 Å². The third kappa shape index (κ3) is 3.75. The molecule has 0 aromatic heterocycles. The summed E-state index contributed by atoms with van der Waals surface area (Å²) >= 11 is 0. The van der Waals surface area contributed by atoms with Crippen LogP contribution in [0.2, 0.25) is 0 Å². The minimum atomic E-state index is -3.55. The molecule has 0 aliphatic carbocycles. The van der Waals surface area contributed by atoms with Crippen molar-refractivity contribution in [1.29, 1.82) is 0 Å². The smallest absolute Gasteiger partial charge is 0.408 e. The number of esters is 1. The molecular weight excluding hydrogens is 246 g/mol. The van der Waals surface area contributed by atoms with Gasteiger partial charge < -0.3 is 4.74 Å². The molecule has 0 fully saturated rings. The zero-order valence-electron chi connectivity index (χ0n) is 10.1. The Morgan fingerprint density at radius 1 is 1.17 bits per heavy atom. The number of hydrogen-bond acceptors (Lipinski definition) is 4. The maximum atomic E-state index is 13.4. The highest BCUT2D eigenvalue weighted by Crippen LogP contribution is 2.29. The lowest BCUT2D eigenvalue weighted by Crippen LogP contribution is -2.18. The Hall–Kier alpha value is -1.53. The fourth-order valence-electron chi connectivity index (χ4n) is 1.20. The summed E-state index contributed by atoms with van der Waals surface area (Å²) in [7, 11) is 0. The molecule has 0 saturated heterocycles. The van der Waals surface area contributed by atoms with Gasteiger partial charge in [-0.1, -0.05) is 0 Å². The van der Waals surface area contributed by atoms with Gasteiger partial charge in [0.1, 0.15) is 0 Å². The summed E-state index contributed by atoms with van der Waals surface area (Å²) < 4.78 is 31.5. The topological polar surface area (TPSA) is 44.8 Å². The van der Waals surface area contributed by atoms with Crippen molar-refractivity contribution >= 4 is 5.97 Å². The van der Waals surface area contributed by atoms with Crippen LogP contribution >= 0.6 is 0 Å². The summed E-state index contributed by atoms with van der Waals surface area (Å²) in [4.78, 5) is 19.5. The van der Waals surface area contributed by atoms with E-state index in [0.717, 1.165) is 12.1 Å². The highest BCUT2D eigenvalue weighted by atomic mass is 19.3. The quantitative estimate of drug-likeness (QED) is 0.448. The van der Waals surface area contributed by atoms with Crippen molar-refractivity contribution in [2.75, 3.05) is 13.2 Å². The van der Waals surface area contributed by atoms with Crippen LogP contribution in [0.1, 0.15) is 29.8 Å². The molecular formula is C12H14F2O4. The van der Waals surface area contributed by atoms with Gasteiger partial charge in [0.2, 0.25) is 0 Å². The summed E-state index contributed by atoms with van der Waals surface area (Å²) in [6.45, 7) is 3.43. The second-order valence-electron chi connectivity index (χ2n) is 3.30. The molecule has 1 aromatic rings. The van der Waals surface area contributed by atoms with Crippen molar-refractivity contribution in [3.8, 4) is 0 Å². The second-order valence-corrected chi connectivity index (χ2v) is 3.30. The molecule has 0 spiro atoms. The molecule has 0 bridgehead atoms. The highest BCUT2D eigenvalue weighted by Gasteiger charge is 2.34. The lowest BCUT2D eigenvalue weighted by atomic mass is 10.1. The van der Waals surface area contributed by atoms with Gasteiger partial charge in [-0.25, -0.2) is 9.68 Å². The van der Waals surface area contributed by atoms with E-state index in [1.807, 2.05) is 0 Å². The number of benzene rings is 1. The monoisotopic (exact) mass is 260 g/mol. The van der Waals surface area contributed by atoms with E-state index in [1.165, 1.54) is 19.1 Å². The fourth-order valence-corrected chi connectivity index (χ4v) is 1.20. The lowest BCUT2D eigenvalue weighted by molar-refractivity contribution is -0.446. The van der Waals surface area contributed by atoms with Gasteiger partial charge in [-0.2, -0.15) is 13.7 Å². The van der Waals surface area contributed by atoms with Crippen molar-refractivity contribution in [3.63, 3.8) is 0 Å². The molecule has 0 N–H and O–H groups in total. The third-order valence-electron chi connectivity index (χ3n) is 2.01. The molecule has 1 rings (SSSR count). The van der Waals surface area contributed by atoms with E-state index in [1.54, 1.807) is 6.92 Å². The molecule has 0 atom stereocenters. The van der Waals surface area contributed by atoms with Crippen molar-refractivity contribution in [2.24, 2.45) is 0 Å². The van der Waals surface area contributed by atoms with Gasteiger partial charge in [0.15, 0.2) is 0 Å². The molecule has 0 amide bonds. The van der Waals surface area contributed by atoms with E-state index >= 15 is 0 Å². The summed E-state index contributed by atoms with van der Waals surface area (Å²) in [6, 6.07) is 4.67. The Kier molecular flexibility index (Phi) is 5.18. The van der Waals surface area contributed by atoms with Crippen LogP contribution < -0.4 is 0 Å². The number of hydrogen-bond donors (Lipinski definition) is 0. The molecule has 0 radical (unpaired) electrons. The number of alkyl halides is 2. The minimum absolute atomic E-state index is 0.0104. The first-order chi connectivity index (χ1) is 8.51. The van der Waals surface area contributed by atoms with E-state index in [2.05, 4.69) is 9.78 Å². The standard InChI is InChI=1S/C12H14F2O4/c1-3-16-11(15)9-5-7-10(8-6-9)12(13,14)18-17-4-2/h5-8H,3-4H2,1-2H3. The van der Waals surface area contributed by atoms with Crippen LogP contribution in [0.3, 0.4) is 0 Å². The van der Waals surface area contributed by atoms with Crippen LogP contribution in [-0.4, -0.2) is 19.2 Å². The van der Waals surface area contributed by atoms with Crippen LogP contribution in [0.4, 0.5) is 8.78 Å². The average Bonchev–Trinajstić information content (AvgIpc) is 2.37. The maximum absolute atomic E-state index is 13.4. The Bertz CT molecular complexity index is 390. The fraction of sp³-hybridized carbons (Fsp3) is 0.417. The van der Waals surface area contributed by atoms with Crippen molar-refractivity contribution in [1.82, 2.24) is 0 Å². The molecule has 100 valence electrons. The summed E-state index contributed by atoms with van der Waals surface area (Å²) in [5.41, 5.74) is -0.197. The summed E-state index contributed by atoms with van der Waals surface area (Å²) in [6.07, 6.45) is -3.55. The molecule has 0 aliphatic rings. The Balaban J connectivity index is 2.78. The van der Waals surface area contributed by atoms with Gasteiger partial charge >= 0.3 is 12.1 Å². The van der Waals surface area contributed by atoms with Crippen LogP contribution in [0.25, 0.3) is 0 Å². The van der Waals surface area contributed by atoms with E-state index in [-0.39, 0.29) is 18.8 Å². The van der Waals surface area contributed by atoms with Crippen LogP contribution in [0, 0.1) is 0 Å². The average molecular weight is 260 g/mol. The summed E-state index contributed by atoms with van der Waals surface area (Å²) in [5, 5.41) is 0. The van der Waals surface area contributed by atoms with Gasteiger partial charge in [-0.05, 0) is 38.1 Å². The lowest BCUT2D eigenvalue weighted by Gasteiger charge is -2.15. The SMILES string of the molecule is CCOOC(F)(F)c1ccc(C(=O)OCC)cc1. The number of rotatable bonds is 6. The molecule has 1 aromatic carbocycles. The number of carbonyl (C=O) groups is 1. The molecule has 0 unspecified atom stereocenters. The van der Waals surface area contributed by atoms with E-state index in [9.17, 15) is 13.6 Å². The van der Waals surface area contributed by atoms with Crippen molar-refractivity contribution in [3.05, 3.63) is 35.4 Å².